The van der Waals surface area contributed by atoms with E-state index < -0.39 is 12.0 Å². The molecule has 0 saturated heterocycles. The molecule has 90 valence electrons. The summed E-state index contributed by atoms with van der Waals surface area (Å²) >= 11 is 0. The minimum absolute atomic E-state index is 0.237. The van der Waals surface area contributed by atoms with Crippen molar-refractivity contribution in [3.63, 3.8) is 0 Å². The van der Waals surface area contributed by atoms with Crippen molar-refractivity contribution >= 4 is 12.0 Å². The number of esters is 1. The number of carbonyl (C=O) groups excluding carboxylic acids is 1. The highest BCUT2D eigenvalue weighted by molar-refractivity contribution is 5.76. The van der Waals surface area contributed by atoms with Crippen molar-refractivity contribution in [2.45, 2.75) is 12.5 Å². The van der Waals surface area contributed by atoms with Gasteiger partial charge in [0.2, 0.25) is 0 Å². The largest absolute Gasteiger partial charge is 0.468 e. The van der Waals surface area contributed by atoms with E-state index in [9.17, 15) is 4.79 Å². The number of carbonyl (C=O) groups is 1. The maximum absolute atomic E-state index is 11.2. The third-order valence-electron chi connectivity index (χ3n) is 2.40. The van der Waals surface area contributed by atoms with Gasteiger partial charge in [-0.2, -0.15) is 0 Å². The van der Waals surface area contributed by atoms with E-state index in [0.29, 0.717) is 11.5 Å². The average molecular weight is 235 g/mol. The fraction of sp³-hybridized carbons (Fsp3) is 0.250. The second-order valence-corrected chi connectivity index (χ2v) is 3.65. The molecule has 0 aromatic heterocycles. The van der Waals surface area contributed by atoms with E-state index in [0.717, 1.165) is 5.56 Å². The van der Waals surface area contributed by atoms with Gasteiger partial charge in [0.25, 0.3) is 0 Å². The van der Waals surface area contributed by atoms with Gasteiger partial charge in [0.1, 0.15) is 6.04 Å². The third kappa shape index (κ3) is 2.57. The lowest BCUT2D eigenvalue weighted by atomic mass is 10.1. The molecule has 1 atom stereocenters. The molecule has 1 heterocycles. The van der Waals surface area contributed by atoms with Gasteiger partial charge in [-0.1, -0.05) is 18.2 Å². The number of methoxy groups -OCH3 is 1. The Morgan fingerprint density at radius 3 is 2.94 bits per heavy atom. The van der Waals surface area contributed by atoms with Gasteiger partial charge in [-0.25, -0.2) is 0 Å². The van der Waals surface area contributed by atoms with Gasteiger partial charge in [0.15, 0.2) is 11.5 Å². The van der Waals surface area contributed by atoms with E-state index in [-0.39, 0.29) is 6.42 Å². The number of benzene rings is 1. The van der Waals surface area contributed by atoms with Crippen molar-refractivity contribution in [1.29, 1.82) is 0 Å². The van der Waals surface area contributed by atoms with Gasteiger partial charge in [-0.05, 0) is 12.1 Å². The molecule has 2 rings (SSSR count). The molecule has 1 aliphatic rings. The Kier molecular flexibility index (Phi) is 3.30. The molecule has 0 spiro atoms. The van der Waals surface area contributed by atoms with Crippen LogP contribution in [0.5, 0.6) is 5.75 Å². The van der Waals surface area contributed by atoms with Crippen molar-refractivity contribution in [2.75, 3.05) is 7.11 Å². The van der Waals surface area contributed by atoms with Crippen molar-refractivity contribution in [1.82, 2.24) is 0 Å². The number of hydrogen-bond acceptors (Lipinski definition) is 5. The van der Waals surface area contributed by atoms with Crippen LogP contribution in [0.1, 0.15) is 12.0 Å². The fourth-order valence-electron chi connectivity index (χ4n) is 1.52. The molecule has 0 bridgehead atoms. The Morgan fingerprint density at radius 1 is 1.41 bits per heavy atom. The Balaban J connectivity index is 2.10. The first-order chi connectivity index (χ1) is 8.20. The zero-order valence-corrected chi connectivity index (χ0v) is 9.38. The van der Waals surface area contributed by atoms with E-state index >= 15 is 0 Å². The lowest BCUT2D eigenvalue weighted by Crippen LogP contribution is -2.32. The zero-order valence-electron chi connectivity index (χ0n) is 9.38. The Bertz CT molecular complexity index is 456. The molecule has 0 aliphatic carbocycles. The molecule has 1 unspecified atom stereocenters. The lowest BCUT2D eigenvalue weighted by molar-refractivity contribution is -0.172. The van der Waals surface area contributed by atoms with Gasteiger partial charge >= 0.3 is 5.97 Å². The average Bonchev–Trinajstić information content (AvgIpc) is 2.37. The number of nitrogens with two attached hydrogens (primary N) is 1. The first-order valence-electron chi connectivity index (χ1n) is 5.18. The van der Waals surface area contributed by atoms with Gasteiger partial charge < -0.3 is 10.5 Å². The monoisotopic (exact) mass is 235 g/mol. The SMILES string of the molecule is COC(=O)C(N)CC1=Cc2ccccc2OO1. The highest BCUT2D eigenvalue weighted by atomic mass is 17.2. The predicted molar refractivity (Wildman–Crippen MR) is 60.7 cm³/mol. The van der Waals surface area contributed by atoms with Gasteiger partial charge in [-0.15, -0.1) is 0 Å². The number of fused-ring (bicyclic) bond motifs is 1. The molecule has 1 aliphatic heterocycles. The first-order valence-corrected chi connectivity index (χ1v) is 5.18. The van der Waals surface area contributed by atoms with Crippen LogP contribution in [0.2, 0.25) is 0 Å². The van der Waals surface area contributed by atoms with Crippen molar-refractivity contribution < 1.29 is 19.3 Å². The summed E-state index contributed by atoms with van der Waals surface area (Å²) in [7, 11) is 1.30. The number of para-hydroxylation sites is 1. The molecule has 1 aromatic rings. The zero-order chi connectivity index (χ0) is 12.3. The molecule has 17 heavy (non-hydrogen) atoms. The summed E-state index contributed by atoms with van der Waals surface area (Å²) in [6.07, 6.45) is 2.03. The van der Waals surface area contributed by atoms with Crippen LogP contribution in [0, 0.1) is 0 Å². The quantitative estimate of drug-likeness (QED) is 0.630. The van der Waals surface area contributed by atoms with Crippen LogP contribution in [0.15, 0.2) is 30.0 Å². The summed E-state index contributed by atoms with van der Waals surface area (Å²) in [5.74, 6) is 0.665. The molecule has 5 nitrogen and oxygen atoms in total. The summed E-state index contributed by atoms with van der Waals surface area (Å²) in [6, 6.07) is 6.67. The second kappa shape index (κ2) is 4.88. The number of hydrogen-bond donors (Lipinski definition) is 1. The Hall–Kier alpha value is -2.01. The van der Waals surface area contributed by atoms with E-state index in [1.165, 1.54) is 7.11 Å². The van der Waals surface area contributed by atoms with Crippen LogP contribution >= 0.6 is 0 Å². The molecular formula is C12H13NO4. The van der Waals surface area contributed by atoms with Crippen LogP contribution in [0.25, 0.3) is 6.08 Å². The molecule has 0 amide bonds. The molecule has 0 fully saturated rings. The van der Waals surface area contributed by atoms with E-state index in [4.69, 9.17) is 15.5 Å². The second-order valence-electron chi connectivity index (χ2n) is 3.65. The maximum Gasteiger partial charge on any atom is 0.323 e. The summed E-state index contributed by atoms with van der Waals surface area (Å²) in [5, 5.41) is 0. The molecule has 1 aromatic carbocycles. The van der Waals surface area contributed by atoms with E-state index in [2.05, 4.69) is 4.74 Å². The van der Waals surface area contributed by atoms with E-state index in [1.807, 2.05) is 18.2 Å². The Morgan fingerprint density at radius 2 is 2.18 bits per heavy atom. The summed E-state index contributed by atoms with van der Waals surface area (Å²) < 4.78 is 4.54. The molecule has 0 saturated carbocycles. The minimum atomic E-state index is -0.750. The van der Waals surface area contributed by atoms with E-state index in [1.54, 1.807) is 12.1 Å². The summed E-state index contributed by atoms with van der Waals surface area (Å²) in [4.78, 5) is 21.3. The summed E-state index contributed by atoms with van der Waals surface area (Å²) in [5.41, 5.74) is 6.52. The van der Waals surface area contributed by atoms with Crippen molar-refractivity contribution in [3.8, 4) is 5.75 Å². The van der Waals surface area contributed by atoms with Crippen LogP contribution in [0.4, 0.5) is 0 Å². The number of ether oxygens (including phenoxy) is 1. The Labute approximate surface area is 98.7 Å². The van der Waals surface area contributed by atoms with Gasteiger partial charge in [0, 0.05) is 12.0 Å². The molecule has 2 N–H and O–H groups in total. The van der Waals surface area contributed by atoms with Crippen molar-refractivity contribution in [2.24, 2.45) is 5.73 Å². The summed E-state index contributed by atoms with van der Waals surface area (Å²) in [6.45, 7) is 0. The lowest BCUT2D eigenvalue weighted by Gasteiger charge is -2.17. The smallest absolute Gasteiger partial charge is 0.323 e. The highest BCUT2D eigenvalue weighted by Gasteiger charge is 2.20. The molecule has 5 heteroatoms. The maximum atomic E-state index is 11.2. The highest BCUT2D eigenvalue weighted by Crippen LogP contribution is 2.28. The molecular weight excluding hydrogens is 222 g/mol. The third-order valence-corrected chi connectivity index (χ3v) is 2.40. The normalized spacial score (nSPS) is 14.8. The predicted octanol–water partition coefficient (Wildman–Crippen LogP) is 1.24. The standard InChI is InChI=1S/C12H13NO4/c1-15-12(14)10(13)7-9-6-8-4-2-3-5-11(8)17-16-9/h2-6,10H,7,13H2,1H3. The topological polar surface area (TPSA) is 70.8 Å². The van der Waals surface area contributed by atoms with Crippen LogP contribution < -0.4 is 10.6 Å². The van der Waals surface area contributed by atoms with Crippen LogP contribution in [-0.4, -0.2) is 19.1 Å². The van der Waals surface area contributed by atoms with Gasteiger partial charge in [-0.3, -0.25) is 14.6 Å². The van der Waals surface area contributed by atoms with Crippen LogP contribution in [-0.2, 0) is 14.4 Å². The fourth-order valence-corrected chi connectivity index (χ4v) is 1.52. The first kappa shape index (κ1) is 11.5. The van der Waals surface area contributed by atoms with Crippen molar-refractivity contribution in [3.05, 3.63) is 35.6 Å². The molecule has 0 radical (unpaired) electrons. The van der Waals surface area contributed by atoms with Gasteiger partial charge in [0.05, 0.1) is 7.11 Å². The van der Waals surface area contributed by atoms with Crippen LogP contribution in [0.3, 0.4) is 0 Å². The minimum Gasteiger partial charge on any atom is -0.468 e. The number of rotatable bonds is 3.